The molecule has 2 rings (SSSR count). The van der Waals surface area contributed by atoms with Gasteiger partial charge in [0, 0.05) is 4.47 Å². The summed E-state index contributed by atoms with van der Waals surface area (Å²) in [5, 5.41) is 0.364. The fraction of sp³-hybridized carbons (Fsp3) is 0.133. The molecule has 6 heteroatoms. The average molecular weight is 435 g/mol. The lowest BCUT2D eigenvalue weighted by atomic mass is 10.2. The highest BCUT2D eigenvalue weighted by Gasteiger charge is 2.13. The molecular weight excluding hydrogens is 423 g/mol. The quantitative estimate of drug-likeness (QED) is 0.472. The minimum absolute atomic E-state index is 0.315. The van der Waals surface area contributed by atoms with E-state index in [0.29, 0.717) is 33.2 Å². The van der Waals surface area contributed by atoms with Crippen LogP contribution in [0.3, 0.4) is 0 Å². The SMILES string of the molecule is CCOc1ccc(C(=O)Oc2ccc(Br)cc2Cl)cc1Br. The summed E-state index contributed by atoms with van der Waals surface area (Å²) >= 11 is 12.7. The minimum Gasteiger partial charge on any atom is -0.493 e. The third-order valence-corrected chi connectivity index (χ3v) is 3.97. The van der Waals surface area contributed by atoms with Crippen molar-refractivity contribution in [1.82, 2.24) is 0 Å². The maximum Gasteiger partial charge on any atom is 0.343 e. The number of carbonyl (C=O) groups excluding carboxylic acids is 1. The van der Waals surface area contributed by atoms with Crippen LogP contribution in [-0.4, -0.2) is 12.6 Å². The van der Waals surface area contributed by atoms with Gasteiger partial charge >= 0.3 is 5.97 Å². The highest BCUT2D eigenvalue weighted by Crippen LogP contribution is 2.30. The van der Waals surface area contributed by atoms with E-state index < -0.39 is 5.97 Å². The molecule has 0 aliphatic carbocycles. The molecule has 0 bridgehead atoms. The second-order valence-electron chi connectivity index (χ2n) is 4.04. The van der Waals surface area contributed by atoms with E-state index in [-0.39, 0.29) is 0 Å². The van der Waals surface area contributed by atoms with Crippen molar-refractivity contribution in [3.63, 3.8) is 0 Å². The molecular formula is C15H11Br2ClO3. The number of halogens is 3. The van der Waals surface area contributed by atoms with Crippen LogP contribution in [0.2, 0.25) is 5.02 Å². The molecule has 0 amide bonds. The highest BCUT2D eigenvalue weighted by molar-refractivity contribution is 9.10. The van der Waals surface area contributed by atoms with Gasteiger partial charge in [-0.15, -0.1) is 0 Å². The molecule has 0 saturated carbocycles. The van der Waals surface area contributed by atoms with Crippen LogP contribution in [0.1, 0.15) is 17.3 Å². The third-order valence-electron chi connectivity index (χ3n) is 2.56. The van der Waals surface area contributed by atoms with Crippen molar-refractivity contribution in [3.8, 4) is 11.5 Å². The summed E-state index contributed by atoms with van der Waals surface area (Å²) in [7, 11) is 0. The van der Waals surface area contributed by atoms with Crippen molar-refractivity contribution < 1.29 is 14.3 Å². The molecule has 0 fully saturated rings. The van der Waals surface area contributed by atoms with Crippen molar-refractivity contribution in [2.75, 3.05) is 6.61 Å². The first-order chi connectivity index (χ1) is 10.0. The maximum absolute atomic E-state index is 12.1. The van der Waals surface area contributed by atoms with E-state index in [2.05, 4.69) is 31.9 Å². The minimum atomic E-state index is -0.483. The van der Waals surface area contributed by atoms with E-state index in [0.717, 1.165) is 4.47 Å². The van der Waals surface area contributed by atoms with Gasteiger partial charge in [-0.05, 0) is 59.3 Å². The lowest BCUT2D eigenvalue weighted by Gasteiger charge is -2.09. The number of carbonyl (C=O) groups is 1. The van der Waals surface area contributed by atoms with E-state index in [1.807, 2.05) is 6.92 Å². The van der Waals surface area contributed by atoms with Gasteiger partial charge in [0.25, 0.3) is 0 Å². The average Bonchev–Trinajstić information content (AvgIpc) is 2.44. The Bertz CT molecular complexity index is 674. The Kier molecular flexibility index (Phi) is 5.67. The van der Waals surface area contributed by atoms with Gasteiger partial charge in [0.2, 0.25) is 0 Å². The third kappa shape index (κ3) is 4.22. The summed E-state index contributed by atoms with van der Waals surface area (Å²) in [4.78, 5) is 12.1. The Balaban J connectivity index is 2.18. The summed E-state index contributed by atoms with van der Waals surface area (Å²) in [6, 6.07) is 10.1. The van der Waals surface area contributed by atoms with Crippen molar-refractivity contribution >= 4 is 49.4 Å². The van der Waals surface area contributed by atoms with Crippen LogP contribution in [0.25, 0.3) is 0 Å². The van der Waals surface area contributed by atoms with Crippen molar-refractivity contribution in [2.45, 2.75) is 6.92 Å². The molecule has 0 spiro atoms. The van der Waals surface area contributed by atoms with Crippen LogP contribution in [0.4, 0.5) is 0 Å². The normalized spacial score (nSPS) is 10.3. The number of esters is 1. The van der Waals surface area contributed by atoms with Crippen molar-refractivity contribution in [3.05, 3.63) is 55.9 Å². The highest BCUT2D eigenvalue weighted by atomic mass is 79.9. The van der Waals surface area contributed by atoms with Gasteiger partial charge in [-0.2, -0.15) is 0 Å². The summed E-state index contributed by atoms with van der Waals surface area (Å²) in [6.07, 6.45) is 0. The van der Waals surface area contributed by atoms with Gasteiger partial charge < -0.3 is 9.47 Å². The van der Waals surface area contributed by atoms with E-state index in [4.69, 9.17) is 21.1 Å². The Morgan fingerprint density at radius 2 is 1.86 bits per heavy atom. The zero-order valence-electron chi connectivity index (χ0n) is 11.0. The predicted molar refractivity (Wildman–Crippen MR) is 89.4 cm³/mol. The van der Waals surface area contributed by atoms with Gasteiger partial charge in [-0.1, -0.05) is 27.5 Å². The fourth-order valence-corrected chi connectivity index (χ4v) is 2.82. The van der Waals surface area contributed by atoms with Gasteiger partial charge in [0.05, 0.1) is 21.7 Å². The zero-order chi connectivity index (χ0) is 15.4. The van der Waals surface area contributed by atoms with Crippen molar-refractivity contribution in [2.24, 2.45) is 0 Å². The molecule has 0 N–H and O–H groups in total. The van der Waals surface area contributed by atoms with E-state index >= 15 is 0 Å². The largest absolute Gasteiger partial charge is 0.493 e. The first-order valence-electron chi connectivity index (χ1n) is 6.11. The number of hydrogen-bond acceptors (Lipinski definition) is 3. The predicted octanol–water partition coefficient (Wildman–Crippen LogP) is 5.48. The molecule has 0 radical (unpaired) electrons. The smallest absolute Gasteiger partial charge is 0.343 e. The molecule has 2 aromatic rings. The maximum atomic E-state index is 12.1. The van der Waals surface area contributed by atoms with E-state index in [1.165, 1.54) is 0 Å². The Hall–Kier alpha value is -1.04. The van der Waals surface area contributed by atoms with Crippen LogP contribution in [0, 0.1) is 0 Å². The van der Waals surface area contributed by atoms with E-state index in [1.54, 1.807) is 36.4 Å². The molecule has 0 heterocycles. The lowest BCUT2D eigenvalue weighted by molar-refractivity contribution is 0.0734. The molecule has 0 aliphatic rings. The van der Waals surface area contributed by atoms with E-state index in [9.17, 15) is 4.79 Å². The molecule has 21 heavy (non-hydrogen) atoms. The molecule has 2 aromatic carbocycles. The fourth-order valence-electron chi connectivity index (χ4n) is 1.62. The van der Waals surface area contributed by atoms with Gasteiger partial charge in [0.1, 0.15) is 11.5 Å². The first-order valence-corrected chi connectivity index (χ1v) is 8.07. The molecule has 0 saturated heterocycles. The summed E-state index contributed by atoms with van der Waals surface area (Å²) < 4.78 is 12.2. The molecule has 110 valence electrons. The molecule has 0 aromatic heterocycles. The number of hydrogen-bond donors (Lipinski definition) is 0. The zero-order valence-corrected chi connectivity index (χ0v) is 15.0. The van der Waals surface area contributed by atoms with Crippen LogP contribution in [0.5, 0.6) is 11.5 Å². The summed E-state index contributed by atoms with van der Waals surface area (Å²) in [5.41, 5.74) is 0.407. The van der Waals surface area contributed by atoms with Gasteiger partial charge in [-0.25, -0.2) is 4.79 Å². The molecule has 3 nitrogen and oxygen atoms in total. The molecule has 0 unspecified atom stereocenters. The van der Waals surface area contributed by atoms with Crippen molar-refractivity contribution in [1.29, 1.82) is 0 Å². The number of benzene rings is 2. The topological polar surface area (TPSA) is 35.5 Å². The Labute approximate surface area is 144 Å². The van der Waals surface area contributed by atoms with Crippen LogP contribution in [-0.2, 0) is 0 Å². The number of rotatable bonds is 4. The monoisotopic (exact) mass is 432 g/mol. The van der Waals surface area contributed by atoms with Crippen LogP contribution in [0.15, 0.2) is 45.3 Å². The second kappa shape index (κ2) is 7.29. The molecule has 0 atom stereocenters. The molecule has 0 aliphatic heterocycles. The van der Waals surface area contributed by atoms with Crippen LogP contribution >= 0.6 is 43.5 Å². The summed E-state index contributed by atoms with van der Waals surface area (Å²) in [6.45, 7) is 2.45. The number of ether oxygens (including phenoxy) is 2. The standard InChI is InChI=1S/C15H11Br2ClO3/c1-2-20-13-5-3-9(7-11(13)17)15(19)21-14-6-4-10(16)8-12(14)18/h3-8H,2H2,1H3. The second-order valence-corrected chi connectivity index (χ2v) is 6.22. The Morgan fingerprint density at radius 3 is 2.48 bits per heavy atom. The first kappa shape index (κ1) is 16.3. The summed E-state index contributed by atoms with van der Waals surface area (Å²) in [5.74, 6) is 0.508. The van der Waals surface area contributed by atoms with Gasteiger partial charge in [0.15, 0.2) is 0 Å². The van der Waals surface area contributed by atoms with Gasteiger partial charge in [-0.3, -0.25) is 0 Å². The van der Waals surface area contributed by atoms with Crippen LogP contribution < -0.4 is 9.47 Å². The Morgan fingerprint density at radius 1 is 1.14 bits per heavy atom. The lowest BCUT2D eigenvalue weighted by Crippen LogP contribution is -2.09.